The summed E-state index contributed by atoms with van der Waals surface area (Å²) in [5.41, 5.74) is 2.04. The van der Waals surface area contributed by atoms with Gasteiger partial charge in [-0.25, -0.2) is 0 Å². The minimum Gasteiger partial charge on any atom is -0.481 e. The molecule has 5 heteroatoms. The lowest BCUT2D eigenvalue weighted by Gasteiger charge is -2.15. The van der Waals surface area contributed by atoms with E-state index >= 15 is 0 Å². The predicted octanol–water partition coefficient (Wildman–Crippen LogP) is 2.81. The highest BCUT2D eigenvalue weighted by Gasteiger charge is 2.16. The van der Waals surface area contributed by atoms with Gasteiger partial charge >= 0.3 is 0 Å². The number of hydrogen-bond acceptors (Lipinski definition) is 4. The van der Waals surface area contributed by atoms with Crippen molar-refractivity contribution < 1.29 is 19.0 Å². The smallest absolute Gasteiger partial charge is 0.261 e. The Labute approximate surface area is 135 Å². The van der Waals surface area contributed by atoms with Gasteiger partial charge < -0.3 is 19.5 Å². The molecule has 0 bridgehead atoms. The van der Waals surface area contributed by atoms with Crippen molar-refractivity contribution in [2.75, 3.05) is 6.79 Å². The number of benzene rings is 2. The zero-order valence-corrected chi connectivity index (χ0v) is 13.2. The van der Waals surface area contributed by atoms with Crippen LogP contribution in [0.25, 0.3) is 0 Å². The van der Waals surface area contributed by atoms with E-state index < -0.39 is 6.10 Å². The van der Waals surface area contributed by atoms with Crippen molar-refractivity contribution in [3.05, 3.63) is 53.6 Å². The summed E-state index contributed by atoms with van der Waals surface area (Å²) in [6.07, 6.45) is -0.564. The van der Waals surface area contributed by atoms with Gasteiger partial charge in [-0.2, -0.15) is 0 Å². The Bertz CT molecular complexity index is 714. The van der Waals surface area contributed by atoms with Gasteiger partial charge in [-0.05, 0) is 49.2 Å². The summed E-state index contributed by atoms with van der Waals surface area (Å²) >= 11 is 0. The second-order valence-electron chi connectivity index (χ2n) is 5.48. The summed E-state index contributed by atoms with van der Waals surface area (Å²) in [4.78, 5) is 12.1. The van der Waals surface area contributed by atoms with E-state index in [9.17, 15) is 4.79 Å². The van der Waals surface area contributed by atoms with Crippen LogP contribution in [0.1, 0.15) is 18.1 Å². The van der Waals surface area contributed by atoms with Crippen LogP contribution >= 0.6 is 0 Å². The molecule has 1 amide bonds. The predicted molar refractivity (Wildman–Crippen MR) is 85.7 cm³/mol. The molecule has 0 radical (unpaired) electrons. The van der Waals surface area contributed by atoms with Crippen LogP contribution in [0.15, 0.2) is 42.5 Å². The lowest BCUT2D eigenvalue weighted by molar-refractivity contribution is -0.127. The van der Waals surface area contributed by atoms with Crippen LogP contribution in [0.2, 0.25) is 0 Å². The number of hydrogen-bond donors (Lipinski definition) is 1. The average Bonchev–Trinajstić information content (AvgIpc) is 3.00. The first kappa shape index (κ1) is 15.2. The van der Waals surface area contributed by atoms with Crippen LogP contribution in [-0.4, -0.2) is 18.8 Å². The third kappa shape index (κ3) is 3.74. The Morgan fingerprint density at radius 3 is 2.87 bits per heavy atom. The average molecular weight is 313 g/mol. The Morgan fingerprint density at radius 1 is 1.22 bits per heavy atom. The molecule has 1 N–H and O–H groups in total. The normalized spacial score (nSPS) is 13.5. The summed E-state index contributed by atoms with van der Waals surface area (Å²) in [5, 5.41) is 2.86. The number of aryl methyl sites for hydroxylation is 1. The number of nitrogens with one attached hydrogen (secondary N) is 1. The van der Waals surface area contributed by atoms with Gasteiger partial charge in [0.2, 0.25) is 6.79 Å². The van der Waals surface area contributed by atoms with Crippen molar-refractivity contribution >= 4 is 5.91 Å². The summed E-state index contributed by atoms with van der Waals surface area (Å²) in [5.74, 6) is 1.97. The van der Waals surface area contributed by atoms with Crippen LogP contribution in [0.4, 0.5) is 0 Å². The second-order valence-corrected chi connectivity index (χ2v) is 5.48. The lowest BCUT2D eigenvalue weighted by Crippen LogP contribution is -2.35. The van der Waals surface area contributed by atoms with E-state index in [1.54, 1.807) is 6.92 Å². The first-order valence-corrected chi connectivity index (χ1v) is 7.51. The van der Waals surface area contributed by atoms with Gasteiger partial charge in [0.15, 0.2) is 17.6 Å². The maximum Gasteiger partial charge on any atom is 0.261 e. The van der Waals surface area contributed by atoms with E-state index in [0.717, 1.165) is 16.9 Å². The molecule has 5 nitrogen and oxygen atoms in total. The number of carbonyl (C=O) groups is 1. The molecule has 1 atom stereocenters. The summed E-state index contributed by atoms with van der Waals surface area (Å²) in [6.45, 7) is 4.37. The van der Waals surface area contributed by atoms with Gasteiger partial charge in [0, 0.05) is 6.54 Å². The fraction of sp³-hybridized carbons (Fsp3) is 0.278. The molecule has 1 heterocycles. The van der Waals surface area contributed by atoms with Crippen LogP contribution in [-0.2, 0) is 11.3 Å². The van der Waals surface area contributed by atoms with Crippen molar-refractivity contribution in [2.45, 2.75) is 26.5 Å². The third-order valence-corrected chi connectivity index (χ3v) is 3.58. The van der Waals surface area contributed by atoms with Gasteiger partial charge in [0.1, 0.15) is 5.75 Å². The van der Waals surface area contributed by atoms with Crippen molar-refractivity contribution in [3.63, 3.8) is 0 Å². The number of amides is 1. The number of rotatable bonds is 5. The molecule has 3 rings (SSSR count). The summed E-state index contributed by atoms with van der Waals surface area (Å²) in [7, 11) is 0. The molecule has 2 aromatic carbocycles. The number of fused-ring (bicyclic) bond motifs is 1. The Hall–Kier alpha value is -2.69. The topological polar surface area (TPSA) is 56.8 Å². The number of ether oxygens (including phenoxy) is 3. The first-order chi connectivity index (χ1) is 11.1. The largest absolute Gasteiger partial charge is 0.481 e. The SMILES string of the molecule is Cc1cccc(OC(C)C(=O)NCc2ccc3c(c2)OCO3)c1. The zero-order valence-electron chi connectivity index (χ0n) is 13.2. The molecule has 23 heavy (non-hydrogen) atoms. The summed E-state index contributed by atoms with van der Waals surface area (Å²) in [6, 6.07) is 13.3. The lowest BCUT2D eigenvalue weighted by atomic mass is 10.2. The van der Waals surface area contributed by atoms with E-state index in [-0.39, 0.29) is 12.7 Å². The highest BCUT2D eigenvalue weighted by molar-refractivity contribution is 5.80. The van der Waals surface area contributed by atoms with Gasteiger partial charge in [-0.1, -0.05) is 18.2 Å². The van der Waals surface area contributed by atoms with Crippen LogP contribution in [0.3, 0.4) is 0 Å². The van der Waals surface area contributed by atoms with Gasteiger partial charge in [0.25, 0.3) is 5.91 Å². The van der Waals surface area contributed by atoms with Crippen molar-refractivity contribution in [3.8, 4) is 17.2 Å². The van der Waals surface area contributed by atoms with Crippen LogP contribution in [0.5, 0.6) is 17.2 Å². The fourth-order valence-corrected chi connectivity index (χ4v) is 2.33. The van der Waals surface area contributed by atoms with Gasteiger partial charge in [0.05, 0.1) is 0 Å². The second kappa shape index (κ2) is 6.60. The molecule has 0 aliphatic carbocycles. The van der Waals surface area contributed by atoms with E-state index in [0.29, 0.717) is 18.0 Å². The highest BCUT2D eigenvalue weighted by Crippen LogP contribution is 2.32. The molecule has 0 saturated carbocycles. The Morgan fingerprint density at radius 2 is 2.04 bits per heavy atom. The Balaban J connectivity index is 1.54. The van der Waals surface area contributed by atoms with Crippen molar-refractivity contribution in [1.29, 1.82) is 0 Å². The highest BCUT2D eigenvalue weighted by atomic mass is 16.7. The van der Waals surface area contributed by atoms with E-state index in [2.05, 4.69) is 5.32 Å². The molecule has 0 saturated heterocycles. The van der Waals surface area contributed by atoms with Gasteiger partial charge in [-0.15, -0.1) is 0 Å². The quantitative estimate of drug-likeness (QED) is 0.922. The minimum absolute atomic E-state index is 0.163. The number of carbonyl (C=O) groups excluding carboxylic acids is 1. The first-order valence-electron chi connectivity index (χ1n) is 7.51. The molecule has 0 fully saturated rings. The minimum atomic E-state index is -0.564. The molecule has 0 aromatic heterocycles. The van der Waals surface area contributed by atoms with E-state index in [4.69, 9.17) is 14.2 Å². The molecule has 120 valence electrons. The molecule has 1 aliphatic heterocycles. The Kier molecular flexibility index (Phi) is 4.37. The van der Waals surface area contributed by atoms with E-state index in [1.807, 2.05) is 49.4 Å². The van der Waals surface area contributed by atoms with Crippen molar-refractivity contribution in [2.24, 2.45) is 0 Å². The van der Waals surface area contributed by atoms with Crippen LogP contribution in [0, 0.1) is 6.92 Å². The molecular formula is C18H19NO4. The third-order valence-electron chi connectivity index (χ3n) is 3.58. The summed E-state index contributed by atoms with van der Waals surface area (Å²) < 4.78 is 16.3. The zero-order chi connectivity index (χ0) is 16.2. The monoisotopic (exact) mass is 313 g/mol. The standard InChI is InChI=1S/C18H19NO4/c1-12-4-3-5-15(8-12)23-13(2)18(20)19-10-14-6-7-16-17(9-14)22-11-21-16/h3-9,13H,10-11H2,1-2H3,(H,19,20). The maximum absolute atomic E-state index is 12.1. The molecule has 0 spiro atoms. The molecule has 1 aliphatic rings. The fourth-order valence-electron chi connectivity index (χ4n) is 2.33. The molecule has 2 aromatic rings. The maximum atomic E-state index is 12.1. The van der Waals surface area contributed by atoms with Crippen LogP contribution < -0.4 is 19.5 Å². The molecule has 1 unspecified atom stereocenters. The van der Waals surface area contributed by atoms with Gasteiger partial charge in [-0.3, -0.25) is 4.79 Å². The molecular weight excluding hydrogens is 294 g/mol. The van der Waals surface area contributed by atoms with E-state index in [1.165, 1.54) is 0 Å². The van der Waals surface area contributed by atoms with Crippen molar-refractivity contribution in [1.82, 2.24) is 5.32 Å².